The van der Waals surface area contributed by atoms with Gasteiger partial charge in [0.1, 0.15) is 5.75 Å². The van der Waals surface area contributed by atoms with Gasteiger partial charge in [0, 0.05) is 0 Å². The molecule has 2 unspecified atom stereocenters. The third kappa shape index (κ3) is 2.15. The van der Waals surface area contributed by atoms with Crippen LogP contribution in [0.1, 0.15) is 18.4 Å². The second-order valence-electron chi connectivity index (χ2n) is 4.35. The first-order valence-electron chi connectivity index (χ1n) is 5.67. The largest absolute Gasteiger partial charge is 0.496 e. The Balaban J connectivity index is 2.04. The summed E-state index contributed by atoms with van der Waals surface area (Å²) >= 11 is 0. The standard InChI is InChI=1S/C13H19NO/c1-15-13-5-3-2-4-11(13)8-10-6-7-12(10)9-14/h2-5,10,12H,6-9,14H2,1H3. The van der Waals surface area contributed by atoms with E-state index < -0.39 is 0 Å². The van der Waals surface area contributed by atoms with Crippen molar-refractivity contribution in [3.63, 3.8) is 0 Å². The smallest absolute Gasteiger partial charge is 0.122 e. The Morgan fingerprint density at radius 1 is 1.27 bits per heavy atom. The summed E-state index contributed by atoms with van der Waals surface area (Å²) in [6.07, 6.45) is 3.74. The summed E-state index contributed by atoms with van der Waals surface area (Å²) in [5.74, 6) is 2.52. The number of benzene rings is 1. The van der Waals surface area contributed by atoms with Gasteiger partial charge in [0.25, 0.3) is 0 Å². The molecule has 0 bridgehead atoms. The minimum Gasteiger partial charge on any atom is -0.496 e. The van der Waals surface area contributed by atoms with E-state index in [1.807, 2.05) is 12.1 Å². The van der Waals surface area contributed by atoms with Crippen LogP contribution in [0.3, 0.4) is 0 Å². The van der Waals surface area contributed by atoms with Crippen LogP contribution in [0, 0.1) is 11.8 Å². The lowest BCUT2D eigenvalue weighted by atomic mass is 9.71. The molecule has 2 atom stereocenters. The van der Waals surface area contributed by atoms with E-state index in [1.54, 1.807) is 7.11 Å². The van der Waals surface area contributed by atoms with Gasteiger partial charge in [-0.15, -0.1) is 0 Å². The molecule has 2 rings (SSSR count). The average Bonchev–Trinajstić information content (AvgIpc) is 2.25. The zero-order valence-electron chi connectivity index (χ0n) is 9.28. The Labute approximate surface area is 91.4 Å². The Kier molecular flexibility index (Phi) is 3.27. The van der Waals surface area contributed by atoms with E-state index in [0.717, 1.165) is 30.6 Å². The van der Waals surface area contributed by atoms with Crippen molar-refractivity contribution in [3.05, 3.63) is 29.8 Å². The van der Waals surface area contributed by atoms with E-state index in [1.165, 1.54) is 18.4 Å². The molecule has 2 nitrogen and oxygen atoms in total. The minimum absolute atomic E-state index is 0.731. The first-order valence-corrected chi connectivity index (χ1v) is 5.67. The third-order valence-electron chi connectivity index (χ3n) is 3.55. The van der Waals surface area contributed by atoms with Gasteiger partial charge in [-0.2, -0.15) is 0 Å². The van der Waals surface area contributed by atoms with Crippen LogP contribution in [0.25, 0.3) is 0 Å². The Bertz CT molecular complexity index is 322. The molecule has 0 aliphatic heterocycles. The molecule has 82 valence electrons. The van der Waals surface area contributed by atoms with E-state index in [0.29, 0.717) is 0 Å². The fourth-order valence-electron chi connectivity index (χ4n) is 2.37. The Morgan fingerprint density at radius 3 is 2.60 bits per heavy atom. The molecule has 1 aromatic carbocycles. The predicted molar refractivity (Wildman–Crippen MR) is 62.0 cm³/mol. The second kappa shape index (κ2) is 4.67. The summed E-state index contributed by atoms with van der Waals surface area (Å²) in [7, 11) is 1.74. The molecular weight excluding hydrogens is 186 g/mol. The van der Waals surface area contributed by atoms with E-state index in [9.17, 15) is 0 Å². The SMILES string of the molecule is COc1ccccc1CC1CCC1CN. The number of nitrogens with two attached hydrogens (primary N) is 1. The fraction of sp³-hybridized carbons (Fsp3) is 0.538. The molecule has 0 saturated heterocycles. The van der Waals surface area contributed by atoms with Gasteiger partial charge in [0.2, 0.25) is 0 Å². The van der Waals surface area contributed by atoms with E-state index in [4.69, 9.17) is 10.5 Å². The average molecular weight is 205 g/mol. The van der Waals surface area contributed by atoms with Crippen LogP contribution in [-0.4, -0.2) is 13.7 Å². The van der Waals surface area contributed by atoms with E-state index in [2.05, 4.69) is 12.1 Å². The zero-order chi connectivity index (χ0) is 10.7. The highest BCUT2D eigenvalue weighted by molar-refractivity contribution is 5.33. The number of para-hydroxylation sites is 1. The van der Waals surface area contributed by atoms with Crippen LogP contribution in [-0.2, 0) is 6.42 Å². The van der Waals surface area contributed by atoms with Crippen LogP contribution in [0.4, 0.5) is 0 Å². The Hall–Kier alpha value is -1.02. The van der Waals surface area contributed by atoms with Crippen LogP contribution < -0.4 is 10.5 Å². The van der Waals surface area contributed by atoms with Crippen LogP contribution in [0.5, 0.6) is 5.75 Å². The summed E-state index contributed by atoms with van der Waals surface area (Å²) in [5.41, 5.74) is 7.04. The summed E-state index contributed by atoms with van der Waals surface area (Å²) in [5, 5.41) is 0. The summed E-state index contributed by atoms with van der Waals surface area (Å²) in [4.78, 5) is 0. The second-order valence-corrected chi connectivity index (χ2v) is 4.35. The van der Waals surface area contributed by atoms with Crippen molar-refractivity contribution >= 4 is 0 Å². The zero-order valence-corrected chi connectivity index (χ0v) is 9.28. The molecule has 0 aromatic heterocycles. The van der Waals surface area contributed by atoms with Crippen LogP contribution >= 0.6 is 0 Å². The first kappa shape index (κ1) is 10.5. The maximum atomic E-state index is 5.72. The lowest BCUT2D eigenvalue weighted by molar-refractivity contribution is 0.182. The fourth-order valence-corrected chi connectivity index (χ4v) is 2.37. The molecule has 2 heteroatoms. The van der Waals surface area contributed by atoms with Crippen molar-refractivity contribution in [2.75, 3.05) is 13.7 Å². The van der Waals surface area contributed by atoms with Gasteiger partial charge in [-0.05, 0) is 49.3 Å². The number of methoxy groups -OCH3 is 1. The maximum absolute atomic E-state index is 5.72. The molecular formula is C13H19NO. The minimum atomic E-state index is 0.731. The van der Waals surface area contributed by atoms with Gasteiger partial charge in [-0.3, -0.25) is 0 Å². The molecule has 1 saturated carbocycles. The van der Waals surface area contributed by atoms with Crippen molar-refractivity contribution in [1.82, 2.24) is 0 Å². The number of ether oxygens (including phenoxy) is 1. The molecule has 1 fully saturated rings. The number of rotatable bonds is 4. The molecule has 1 aliphatic carbocycles. The van der Waals surface area contributed by atoms with Crippen molar-refractivity contribution in [1.29, 1.82) is 0 Å². The maximum Gasteiger partial charge on any atom is 0.122 e. The predicted octanol–water partition coefficient (Wildman–Crippen LogP) is 2.22. The topological polar surface area (TPSA) is 35.2 Å². The van der Waals surface area contributed by atoms with Gasteiger partial charge in [-0.25, -0.2) is 0 Å². The molecule has 0 amide bonds. The molecule has 2 N–H and O–H groups in total. The Morgan fingerprint density at radius 2 is 2.00 bits per heavy atom. The molecule has 1 aromatic rings. The highest BCUT2D eigenvalue weighted by Crippen LogP contribution is 2.37. The van der Waals surface area contributed by atoms with Gasteiger partial charge in [0.05, 0.1) is 7.11 Å². The van der Waals surface area contributed by atoms with Crippen molar-refractivity contribution < 1.29 is 4.74 Å². The lowest BCUT2D eigenvalue weighted by Gasteiger charge is -2.36. The van der Waals surface area contributed by atoms with Crippen LogP contribution in [0.15, 0.2) is 24.3 Å². The monoisotopic (exact) mass is 205 g/mol. The first-order chi connectivity index (χ1) is 7.35. The molecule has 0 radical (unpaired) electrons. The van der Waals surface area contributed by atoms with Gasteiger partial charge in [0.15, 0.2) is 0 Å². The van der Waals surface area contributed by atoms with Crippen molar-refractivity contribution in [3.8, 4) is 5.75 Å². The van der Waals surface area contributed by atoms with Gasteiger partial charge >= 0.3 is 0 Å². The van der Waals surface area contributed by atoms with Crippen molar-refractivity contribution in [2.24, 2.45) is 17.6 Å². The third-order valence-corrected chi connectivity index (χ3v) is 3.55. The summed E-state index contributed by atoms with van der Waals surface area (Å²) < 4.78 is 5.35. The highest BCUT2D eigenvalue weighted by atomic mass is 16.5. The lowest BCUT2D eigenvalue weighted by Crippen LogP contribution is -2.33. The van der Waals surface area contributed by atoms with Gasteiger partial charge in [-0.1, -0.05) is 18.2 Å². The van der Waals surface area contributed by atoms with Gasteiger partial charge < -0.3 is 10.5 Å². The molecule has 0 spiro atoms. The molecule has 0 heterocycles. The van der Waals surface area contributed by atoms with E-state index in [-0.39, 0.29) is 0 Å². The molecule has 1 aliphatic rings. The molecule has 15 heavy (non-hydrogen) atoms. The quantitative estimate of drug-likeness (QED) is 0.818. The highest BCUT2D eigenvalue weighted by Gasteiger charge is 2.29. The van der Waals surface area contributed by atoms with Crippen LogP contribution in [0.2, 0.25) is 0 Å². The normalized spacial score (nSPS) is 24.7. The van der Waals surface area contributed by atoms with E-state index >= 15 is 0 Å². The summed E-state index contributed by atoms with van der Waals surface area (Å²) in [6, 6.07) is 8.29. The number of hydrogen-bond donors (Lipinski definition) is 1. The van der Waals surface area contributed by atoms with Crippen molar-refractivity contribution in [2.45, 2.75) is 19.3 Å². The number of hydrogen-bond acceptors (Lipinski definition) is 2. The summed E-state index contributed by atoms with van der Waals surface area (Å²) in [6.45, 7) is 0.833.